The summed E-state index contributed by atoms with van der Waals surface area (Å²) in [5.41, 5.74) is 2.49. The van der Waals surface area contributed by atoms with Crippen LogP contribution in [0.25, 0.3) is 0 Å². The average molecular weight is 276 g/mol. The van der Waals surface area contributed by atoms with E-state index >= 15 is 0 Å². The lowest BCUT2D eigenvalue weighted by Crippen LogP contribution is -2.19. The highest BCUT2D eigenvalue weighted by Crippen LogP contribution is 2.23. The first kappa shape index (κ1) is 13.9. The van der Waals surface area contributed by atoms with Crippen molar-refractivity contribution < 1.29 is 5.11 Å². The zero-order valence-electron chi connectivity index (χ0n) is 10.9. The summed E-state index contributed by atoms with van der Waals surface area (Å²) >= 11 is 5.93. The molecule has 1 unspecified atom stereocenters. The minimum absolute atomic E-state index is 0.306. The van der Waals surface area contributed by atoms with Crippen LogP contribution in [-0.2, 0) is 6.42 Å². The van der Waals surface area contributed by atoms with Crippen LogP contribution in [0.2, 0.25) is 5.02 Å². The number of aromatic hydroxyl groups is 1. The molecule has 19 heavy (non-hydrogen) atoms. The highest BCUT2D eigenvalue weighted by Gasteiger charge is 2.11. The van der Waals surface area contributed by atoms with Crippen LogP contribution >= 0.6 is 11.6 Å². The largest absolute Gasteiger partial charge is 0.508 e. The number of benzene rings is 2. The van der Waals surface area contributed by atoms with Gasteiger partial charge in [0.25, 0.3) is 0 Å². The van der Waals surface area contributed by atoms with E-state index in [0.717, 1.165) is 18.0 Å². The van der Waals surface area contributed by atoms with Gasteiger partial charge in [-0.25, -0.2) is 0 Å². The van der Waals surface area contributed by atoms with Crippen molar-refractivity contribution in [3.63, 3.8) is 0 Å². The maximum atomic E-state index is 9.31. The second-order valence-electron chi connectivity index (χ2n) is 4.68. The van der Waals surface area contributed by atoms with Gasteiger partial charge < -0.3 is 10.4 Å². The van der Waals surface area contributed by atoms with Crippen molar-refractivity contribution in [2.24, 2.45) is 0 Å². The molecule has 3 heteroatoms. The molecule has 0 saturated carbocycles. The van der Waals surface area contributed by atoms with Gasteiger partial charge in [0, 0.05) is 17.5 Å². The molecule has 1 atom stereocenters. The van der Waals surface area contributed by atoms with Gasteiger partial charge >= 0.3 is 0 Å². The summed E-state index contributed by atoms with van der Waals surface area (Å²) in [5, 5.41) is 13.3. The zero-order valence-corrected chi connectivity index (χ0v) is 11.7. The summed E-state index contributed by atoms with van der Waals surface area (Å²) in [6.45, 7) is 0.905. The van der Waals surface area contributed by atoms with E-state index in [4.69, 9.17) is 11.6 Å². The molecular weight excluding hydrogens is 258 g/mol. The van der Waals surface area contributed by atoms with Gasteiger partial charge in [0.2, 0.25) is 0 Å². The summed E-state index contributed by atoms with van der Waals surface area (Å²) < 4.78 is 0. The van der Waals surface area contributed by atoms with Crippen LogP contribution in [0.1, 0.15) is 17.0 Å². The van der Waals surface area contributed by atoms with Crippen molar-refractivity contribution >= 4 is 11.6 Å². The Balaban J connectivity index is 2.15. The smallest absolute Gasteiger partial charge is 0.115 e. The molecule has 0 aliphatic heterocycles. The standard InChI is InChI=1S/C16H18ClNO/c1-18-11-14(13-4-6-15(17)7-5-13)10-12-2-8-16(19)9-3-12/h2-9,14,18-19H,10-11H2,1H3. The number of hydrogen-bond donors (Lipinski definition) is 2. The fourth-order valence-electron chi connectivity index (χ4n) is 2.21. The van der Waals surface area contributed by atoms with E-state index < -0.39 is 0 Å². The molecule has 0 saturated heterocycles. The van der Waals surface area contributed by atoms with Gasteiger partial charge in [0.15, 0.2) is 0 Å². The van der Waals surface area contributed by atoms with Crippen LogP contribution in [0, 0.1) is 0 Å². The normalized spacial score (nSPS) is 12.3. The molecule has 2 aromatic carbocycles. The monoisotopic (exact) mass is 275 g/mol. The molecule has 2 rings (SSSR count). The average Bonchev–Trinajstić information content (AvgIpc) is 2.42. The van der Waals surface area contributed by atoms with Gasteiger partial charge in [-0.05, 0) is 48.9 Å². The van der Waals surface area contributed by atoms with E-state index in [1.165, 1.54) is 11.1 Å². The summed E-state index contributed by atoms with van der Waals surface area (Å²) in [7, 11) is 1.96. The summed E-state index contributed by atoms with van der Waals surface area (Å²) in [6.07, 6.45) is 0.933. The maximum Gasteiger partial charge on any atom is 0.115 e. The van der Waals surface area contributed by atoms with Gasteiger partial charge in [-0.1, -0.05) is 35.9 Å². The Kier molecular flexibility index (Phi) is 4.83. The van der Waals surface area contributed by atoms with E-state index in [0.29, 0.717) is 11.7 Å². The molecule has 0 spiro atoms. The van der Waals surface area contributed by atoms with Gasteiger partial charge in [-0.3, -0.25) is 0 Å². The van der Waals surface area contributed by atoms with Crippen molar-refractivity contribution in [1.29, 1.82) is 0 Å². The molecule has 2 N–H and O–H groups in total. The van der Waals surface area contributed by atoms with E-state index in [2.05, 4.69) is 17.4 Å². The second-order valence-corrected chi connectivity index (χ2v) is 5.11. The minimum Gasteiger partial charge on any atom is -0.508 e. The minimum atomic E-state index is 0.306. The number of hydrogen-bond acceptors (Lipinski definition) is 2. The van der Waals surface area contributed by atoms with Gasteiger partial charge in [0.05, 0.1) is 0 Å². The van der Waals surface area contributed by atoms with Crippen molar-refractivity contribution in [1.82, 2.24) is 5.32 Å². The molecular formula is C16H18ClNO. The highest BCUT2D eigenvalue weighted by molar-refractivity contribution is 6.30. The van der Waals surface area contributed by atoms with Crippen LogP contribution in [-0.4, -0.2) is 18.7 Å². The Hall–Kier alpha value is -1.51. The Morgan fingerprint density at radius 1 is 1.05 bits per heavy atom. The van der Waals surface area contributed by atoms with Crippen molar-refractivity contribution in [2.75, 3.05) is 13.6 Å². The first-order valence-corrected chi connectivity index (χ1v) is 6.75. The summed E-state index contributed by atoms with van der Waals surface area (Å²) in [4.78, 5) is 0. The SMILES string of the molecule is CNCC(Cc1ccc(O)cc1)c1ccc(Cl)cc1. The molecule has 0 fully saturated rings. The Labute approximate surface area is 119 Å². The first-order chi connectivity index (χ1) is 9.19. The molecule has 0 aromatic heterocycles. The predicted octanol–water partition coefficient (Wildman–Crippen LogP) is 3.59. The van der Waals surface area contributed by atoms with Crippen LogP contribution in [0.3, 0.4) is 0 Å². The number of halogens is 1. The highest BCUT2D eigenvalue weighted by atomic mass is 35.5. The van der Waals surface area contributed by atoms with Crippen molar-refractivity contribution in [2.45, 2.75) is 12.3 Å². The Morgan fingerprint density at radius 3 is 2.26 bits per heavy atom. The Bertz CT molecular complexity index is 507. The number of likely N-dealkylation sites (N-methyl/N-ethyl adjacent to an activating group) is 1. The topological polar surface area (TPSA) is 32.3 Å². The maximum absolute atomic E-state index is 9.31. The molecule has 0 aliphatic carbocycles. The predicted molar refractivity (Wildman–Crippen MR) is 79.9 cm³/mol. The molecule has 0 radical (unpaired) electrons. The number of phenols is 1. The van der Waals surface area contributed by atoms with E-state index in [-0.39, 0.29) is 0 Å². The van der Waals surface area contributed by atoms with Gasteiger partial charge in [-0.2, -0.15) is 0 Å². The third-order valence-electron chi connectivity index (χ3n) is 3.21. The van der Waals surface area contributed by atoms with Crippen molar-refractivity contribution in [3.8, 4) is 5.75 Å². The molecule has 0 heterocycles. The lowest BCUT2D eigenvalue weighted by molar-refractivity contribution is 0.475. The molecule has 2 nitrogen and oxygen atoms in total. The molecule has 0 bridgehead atoms. The number of phenolic OH excluding ortho intramolecular Hbond substituents is 1. The molecule has 2 aromatic rings. The molecule has 0 aliphatic rings. The second kappa shape index (κ2) is 6.60. The quantitative estimate of drug-likeness (QED) is 0.874. The van der Waals surface area contributed by atoms with Crippen LogP contribution in [0.5, 0.6) is 5.75 Å². The van der Waals surface area contributed by atoms with Gasteiger partial charge in [-0.15, -0.1) is 0 Å². The van der Waals surface area contributed by atoms with Crippen molar-refractivity contribution in [3.05, 3.63) is 64.7 Å². The van der Waals surface area contributed by atoms with Crippen LogP contribution < -0.4 is 5.32 Å². The Morgan fingerprint density at radius 2 is 1.68 bits per heavy atom. The first-order valence-electron chi connectivity index (χ1n) is 6.37. The number of nitrogens with one attached hydrogen (secondary N) is 1. The molecule has 100 valence electrons. The summed E-state index contributed by atoms with van der Waals surface area (Å²) in [5.74, 6) is 0.701. The van der Waals surface area contributed by atoms with E-state index in [1.54, 1.807) is 12.1 Å². The summed E-state index contributed by atoms with van der Waals surface area (Å²) in [6, 6.07) is 15.4. The molecule has 0 amide bonds. The lowest BCUT2D eigenvalue weighted by atomic mass is 9.92. The van der Waals surface area contributed by atoms with Gasteiger partial charge in [0.1, 0.15) is 5.75 Å². The third-order valence-corrected chi connectivity index (χ3v) is 3.46. The lowest BCUT2D eigenvalue weighted by Gasteiger charge is -2.17. The number of rotatable bonds is 5. The third kappa shape index (κ3) is 3.98. The zero-order chi connectivity index (χ0) is 13.7. The van der Waals surface area contributed by atoms with Crippen LogP contribution in [0.15, 0.2) is 48.5 Å². The van der Waals surface area contributed by atoms with E-state index in [1.807, 2.05) is 31.3 Å². The fourth-order valence-corrected chi connectivity index (χ4v) is 2.33. The fraction of sp³-hybridized carbons (Fsp3) is 0.250. The van der Waals surface area contributed by atoms with Crippen LogP contribution in [0.4, 0.5) is 0 Å². The van der Waals surface area contributed by atoms with E-state index in [9.17, 15) is 5.11 Å².